The van der Waals surface area contributed by atoms with Crippen LogP contribution >= 0.6 is 0 Å². The lowest BCUT2D eigenvalue weighted by Gasteiger charge is -2.31. The van der Waals surface area contributed by atoms with Crippen molar-refractivity contribution in [1.82, 2.24) is 14.6 Å². The summed E-state index contributed by atoms with van der Waals surface area (Å²) in [5.41, 5.74) is 12.6. The van der Waals surface area contributed by atoms with E-state index < -0.39 is 0 Å². The van der Waals surface area contributed by atoms with Crippen molar-refractivity contribution in [2.45, 2.75) is 12.2 Å². The molecule has 47 heavy (non-hydrogen) atoms. The fraction of sp³-hybridized carbons (Fsp3) is 0.0732. The summed E-state index contributed by atoms with van der Waals surface area (Å²) in [5, 5.41) is 8.35. The molecule has 0 saturated carbocycles. The molecular formula is C41H32N6. The topological polar surface area (TPSA) is 58.6 Å². The zero-order chi connectivity index (χ0) is 31.3. The highest BCUT2D eigenvalue weighted by Crippen LogP contribution is 2.40. The number of hydrogen-bond acceptors (Lipinski definition) is 4. The van der Waals surface area contributed by atoms with Crippen molar-refractivity contribution in [2.75, 3.05) is 12.5 Å². The predicted octanol–water partition coefficient (Wildman–Crippen LogP) is 8.30. The lowest BCUT2D eigenvalue weighted by Crippen LogP contribution is -2.52. The smallest absolute Gasteiger partial charge is 0.157 e. The molecule has 0 radical (unpaired) electrons. The van der Waals surface area contributed by atoms with Gasteiger partial charge in [0.15, 0.2) is 12.0 Å². The standard InChI is InChI=1S/C41H32N6/c1-42-38-37(27-15-5-2-6-16-27)43-40(28-17-7-3-8-18-28)44-41(38)45-47-34-24-14-11-21-30(34)31-25-26-35-36(39(31)47)32-22-12-13-23-33(32)46(35)29-19-9-4-10-20-29/h2-26,38,41-42,45H,1H3. The second kappa shape index (κ2) is 11.1. The molecular weight excluding hydrogens is 576 g/mol. The van der Waals surface area contributed by atoms with E-state index >= 15 is 0 Å². The van der Waals surface area contributed by atoms with E-state index in [1.807, 2.05) is 31.3 Å². The van der Waals surface area contributed by atoms with Gasteiger partial charge in [0.2, 0.25) is 0 Å². The number of hydrogen-bond donors (Lipinski definition) is 2. The molecule has 2 unspecified atom stereocenters. The van der Waals surface area contributed by atoms with Gasteiger partial charge in [0.1, 0.15) is 0 Å². The number of nitrogens with zero attached hydrogens (tertiary/aromatic N) is 4. The summed E-state index contributed by atoms with van der Waals surface area (Å²) >= 11 is 0. The van der Waals surface area contributed by atoms with Crippen molar-refractivity contribution < 1.29 is 0 Å². The summed E-state index contributed by atoms with van der Waals surface area (Å²) in [5.74, 6) is 0.708. The number of likely N-dealkylation sites (N-methyl/N-ethyl adjacent to an activating group) is 1. The SMILES string of the molecule is CNC1C(c2ccccc2)=NC(c2ccccc2)=NC1Nn1c2ccccc2c2ccc3c(c4ccccc4n3-c3ccccc3)c21. The van der Waals surface area contributed by atoms with Gasteiger partial charge < -0.3 is 9.88 Å². The summed E-state index contributed by atoms with van der Waals surface area (Å²) in [6, 6.07) is 52.9. The van der Waals surface area contributed by atoms with Crippen LogP contribution in [0.2, 0.25) is 0 Å². The lowest BCUT2D eigenvalue weighted by molar-refractivity contribution is 0.560. The van der Waals surface area contributed by atoms with Gasteiger partial charge in [-0.05, 0) is 49.0 Å². The molecule has 0 amide bonds. The summed E-state index contributed by atoms with van der Waals surface area (Å²) in [4.78, 5) is 10.5. The number of amidine groups is 1. The maximum Gasteiger partial charge on any atom is 0.157 e. The highest BCUT2D eigenvalue weighted by Gasteiger charge is 2.32. The molecule has 2 atom stereocenters. The van der Waals surface area contributed by atoms with Crippen molar-refractivity contribution >= 4 is 55.2 Å². The Hall–Kier alpha value is -5.98. The van der Waals surface area contributed by atoms with Crippen LogP contribution in [0.3, 0.4) is 0 Å². The first-order valence-electron chi connectivity index (χ1n) is 16.0. The summed E-state index contributed by atoms with van der Waals surface area (Å²) in [7, 11) is 1.98. The fourth-order valence-corrected chi connectivity index (χ4v) is 7.18. The van der Waals surface area contributed by atoms with Gasteiger partial charge in [-0.15, -0.1) is 0 Å². The van der Waals surface area contributed by atoms with E-state index in [-0.39, 0.29) is 12.2 Å². The second-order valence-corrected chi connectivity index (χ2v) is 11.9. The quantitative estimate of drug-likeness (QED) is 0.200. The first kappa shape index (κ1) is 27.3. The number of nitrogens with one attached hydrogen (secondary N) is 2. The van der Waals surface area contributed by atoms with Gasteiger partial charge in [-0.1, -0.05) is 115 Å². The zero-order valence-corrected chi connectivity index (χ0v) is 25.9. The largest absolute Gasteiger partial charge is 0.309 e. The number of aromatic nitrogens is 2. The van der Waals surface area contributed by atoms with Crippen molar-refractivity contribution in [3.8, 4) is 5.69 Å². The van der Waals surface area contributed by atoms with Crippen LogP contribution in [0.5, 0.6) is 0 Å². The van der Waals surface area contributed by atoms with Crippen LogP contribution in [0.25, 0.3) is 49.3 Å². The Labute approximate surface area is 272 Å². The van der Waals surface area contributed by atoms with E-state index in [1.165, 1.54) is 27.1 Å². The van der Waals surface area contributed by atoms with Crippen LogP contribution in [0.15, 0.2) is 162 Å². The molecule has 0 aliphatic carbocycles. The monoisotopic (exact) mass is 608 g/mol. The number of aliphatic imine (C=N–C) groups is 2. The highest BCUT2D eigenvalue weighted by atomic mass is 15.5. The molecule has 0 spiro atoms. The van der Waals surface area contributed by atoms with Gasteiger partial charge in [0, 0.05) is 32.8 Å². The van der Waals surface area contributed by atoms with Gasteiger partial charge in [-0.25, -0.2) is 9.98 Å². The molecule has 6 aromatic carbocycles. The normalized spacial score (nSPS) is 16.5. The number of rotatable bonds is 6. The Kier molecular flexibility index (Phi) is 6.47. The number of benzene rings is 6. The third-order valence-corrected chi connectivity index (χ3v) is 9.26. The van der Waals surface area contributed by atoms with Crippen molar-refractivity contribution in [2.24, 2.45) is 9.98 Å². The Bertz CT molecular complexity index is 2470. The molecule has 1 aliphatic rings. The van der Waals surface area contributed by atoms with Crippen LogP contribution in [0.1, 0.15) is 11.1 Å². The average Bonchev–Trinajstić information content (AvgIpc) is 3.65. The van der Waals surface area contributed by atoms with Crippen LogP contribution in [0, 0.1) is 0 Å². The summed E-state index contributed by atoms with van der Waals surface area (Å²) < 4.78 is 4.64. The van der Waals surface area contributed by atoms with E-state index in [0.29, 0.717) is 5.84 Å². The van der Waals surface area contributed by atoms with E-state index in [2.05, 4.69) is 147 Å². The first-order chi connectivity index (χ1) is 23.3. The Balaban J connectivity index is 1.31. The molecule has 8 aromatic rings. The maximum absolute atomic E-state index is 5.29. The van der Waals surface area contributed by atoms with Crippen molar-refractivity contribution in [1.29, 1.82) is 0 Å². The minimum absolute atomic E-state index is 0.189. The molecule has 0 saturated heterocycles. The van der Waals surface area contributed by atoms with Gasteiger partial charge in [-0.2, -0.15) is 0 Å². The summed E-state index contributed by atoms with van der Waals surface area (Å²) in [6.07, 6.45) is -0.361. The fourth-order valence-electron chi connectivity index (χ4n) is 7.18. The Morgan fingerprint density at radius 1 is 0.553 bits per heavy atom. The maximum atomic E-state index is 5.29. The van der Waals surface area contributed by atoms with Crippen LogP contribution in [-0.2, 0) is 0 Å². The van der Waals surface area contributed by atoms with Gasteiger partial charge in [0.05, 0.1) is 33.8 Å². The van der Waals surface area contributed by atoms with Gasteiger partial charge in [-0.3, -0.25) is 10.1 Å². The van der Waals surface area contributed by atoms with Crippen LogP contribution in [-0.4, -0.2) is 40.0 Å². The van der Waals surface area contributed by atoms with Crippen LogP contribution in [0.4, 0.5) is 0 Å². The summed E-state index contributed by atoms with van der Waals surface area (Å²) in [6.45, 7) is 0. The Morgan fingerprint density at radius 3 is 1.89 bits per heavy atom. The molecule has 2 N–H and O–H groups in total. The number of para-hydroxylation sites is 3. The highest BCUT2D eigenvalue weighted by molar-refractivity contribution is 6.25. The average molecular weight is 609 g/mol. The number of fused-ring (bicyclic) bond motifs is 7. The van der Waals surface area contributed by atoms with Gasteiger partial charge >= 0.3 is 0 Å². The molecule has 3 heterocycles. The zero-order valence-electron chi connectivity index (χ0n) is 25.9. The van der Waals surface area contributed by atoms with Gasteiger partial charge in [0.25, 0.3) is 0 Å². The second-order valence-electron chi connectivity index (χ2n) is 11.9. The molecule has 9 rings (SSSR count). The third-order valence-electron chi connectivity index (χ3n) is 9.26. The lowest BCUT2D eigenvalue weighted by atomic mass is 9.99. The predicted molar refractivity (Wildman–Crippen MR) is 196 cm³/mol. The molecule has 0 fully saturated rings. The molecule has 226 valence electrons. The van der Waals surface area contributed by atoms with E-state index in [4.69, 9.17) is 9.98 Å². The van der Waals surface area contributed by atoms with Crippen molar-refractivity contribution in [3.63, 3.8) is 0 Å². The van der Waals surface area contributed by atoms with E-state index in [9.17, 15) is 0 Å². The van der Waals surface area contributed by atoms with E-state index in [1.54, 1.807) is 0 Å². The molecule has 6 nitrogen and oxygen atoms in total. The molecule has 1 aliphatic heterocycles. The molecule has 6 heteroatoms. The Morgan fingerprint density at radius 2 is 1.17 bits per heavy atom. The van der Waals surface area contributed by atoms with Crippen LogP contribution < -0.4 is 10.7 Å². The molecule has 2 aromatic heterocycles. The molecule has 0 bridgehead atoms. The minimum Gasteiger partial charge on any atom is -0.309 e. The van der Waals surface area contributed by atoms with E-state index in [0.717, 1.165) is 39.1 Å². The minimum atomic E-state index is -0.361. The third kappa shape index (κ3) is 4.37. The first-order valence-corrected chi connectivity index (χ1v) is 16.0. The van der Waals surface area contributed by atoms with Crippen molar-refractivity contribution in [3.05, 3.63) is 163 Å².